The molecule has 2 N–H and O–H groups in total. The molecule has 0 unspecified atom stereocenters. The molecule has 0 atom stereocenters. The fraction of sp³-hybridized carbons (Fsp3) is 0.200. The summed E-state index contributed by atoms with van der Waals surface area (Å²) in [5.41, 5.74) is 3.13. The third-order valence-corrected chi connectivity index (χ3v) is 4.40. The number of methoxy groups -OCH3 is 1. The second kappa shape index (κ2) is 7.41. The molecule has 27 heavy (non-hydrogen) atoms. The molecule has 1 aromatic heterocycles. The maximum absolute atomic E-state index is 12.6. The van der Waals surface area contributed by atoms with Crippen LogP contribution in [0.1, 0.15) is 15.9 Å². The van der Waals surface area contributed by atoms with Crippen molar-refractivity contribution in [1.29, 1.82) is 0 Å². The number of aromatic amines is 1. The number of hydrogen-bond acceptors (Lipinski definition) is 5. The summed E-state index contributed by atoms with van der Waals surface area (Å²) in [7, 11) is 1.62. The van der Waals surface area contributed by atoms with Gasteiger partial charge in [0, 0.05) is 12.1 Å². The molecular formula is C20H19N3O4. The Morgan fingerprint density at radius 2 is 2.00 bits per heavy atom. The molecule has 1 aliphatic rings. The topological polar surface area (TPSA) is 85.5 Å². The number of carbonyl (C=O) groups excluding carboxylic acids is 1. The molecule has 2 heterocycles. The molecule has 7 heteroatoms. The van der Waals surface area contributed by atoms with Crippen LogP contribution in [0.3, 0.4) is 0 Å². The highest BCUT2D eigenvalue weighted by Crippen LogP contribution is 2.32. The van der Waals surface area contributed by atoms with Gasteiger partial charge in [0.15, 0.2) is 11.5 Å². The van der Waals surface area contributed by atoms with Gasteiger partial charge in [-0.15, -0.1) is 0 Å². The van der Waals surface area contributed by atoms with Gasteiger partial charge in [-0.1, -0.05) is 6.07 Å². The highest BCUT2D eigenvalue weighted by molar-refractivity contribution is 5.99. The van der Waals surface area contributed by atoms with Gasteiger partial charge in [0.05, 0.1) is 24.6 Å². The standard InChI is InChI=1S/C20H19N3O4/c1-25-15-5-3-14(4-6-15)19-16(11-22-23-19)20(24)21-9-8-13-2-7-17-18(10-13)27-12-26-17/h2-7,10-11H,8-9,12H2,1H3,(H,21,24)(H,22,23). The zero-order valence-corrected chi connectivity index (χ0v) is 14.8. The highest BCUT2D eigenvalue weighted by atomic mass is 16.7. The number of ether oxygens (including phenoxy) is 3. The second-order valence-electron chi connectivity index (χ2n) is 6.08. The Morgan fingerprint density at radius 3 is 2.81 bits per heavy atom. The van der Waals surface area contributed by atoms with Crippen LogP contribution in [0.5, 0.6) is 17.2 Å². The molecule has 3 aromatic rings. The van der Waals surface area contributed by atoms with Crippen molar-refractivity contribution in [2.75, 3.05) is 20.4 Å². The largest absolute Gasteiger partial charge is 0.497 e. The molecule has 0 saturated carbocycles. The molecule has 0 saturated heterocycles. The van der Waals surface area contributed by atoms with Gasteiger partial charge in [0.1, 0.15) is 5.75 Å². The number of aromatic nitrogens is 2. The molecule has 4 rings (SSSR count). The average Bonchev–Trinajstić information content (AvgIpc) is 3.37. The van der Waals surface area contributed by atoms with E-state index in [4.69, 9.17) is 14.2 Å². The SMILES string of the molecule is COc1ccc(-c2[nH]ncc2C(=O)NCCc2ccc3c(c2)OCO3)cc1. The Morgan fingerprint density at radius 1 is 1.19 bits per heavy atom. The van der Waals surface area contributed by atoms with E-state index in [1.54, 1.807) is 7.11 Å². The number of fused-ring (bicyclic) bond motifs is 1. The number of nitrogens with one attached hydrogen (secondary N) is 2. The fourth-order valence-corrected chi connectivity index (χ4v) is 2.95. The first kappa shape index (κ1) is 17.0. The summed E-state index contributed by atoms with van der Waals surface area (Å²) in [5.74, 6) is 2.09. The van der Waals surface area contributed by atoms with Crippen molar-refractivity contribution in [2.24, 2.45) is 0 Å². The monoisotopic (exact) mass is 365 g/mol. The molecule has 1 amide bonds. The maximum atomic E-state index is 12.6. The summed E-state index contributed by atoms with van der Waals surface area (Å²) in [6, 6.07) is 13.3. The van der Waals surface area contributed by atoms with Gasteiger partial charge < -0.3 is 19.5 Å². The molecule has 0 spiro atoms. The Hall–Kier alpha value is -3.48. The lowest BCUT2D eigenvalue weighted by Crippen LogP contribution is -2.25. The van der Waals surface area contributed by atoms with E-state index in [2.05, 4.69) is 15.5 Å². The zero-order valence-electron chi connectivity index (χ0n) is 14.8. The first-order valence-electron chi connectivity index (χ1n) is 8.59. The molecule has 138 valence electrons. The van der Waals surface area contributed by atoms with Gasteiger partial charge >= 0.3 is 0 Å². The van der Waals surface area contributed by atoms with Crippen molar-refractivity contribution in [3.63, 3.8) is 0 Å². The molecule has 7 nitrogen and oxygen atoms in total. The van der Waals surface area contributed by atoms with Gasteiger partial charge in [0.25, 0.3) is 5.91 Å². The number of benzene rings is 2. The van der Waals surface area contributed by atoms with Crippen LogP contribution in [0.15, 0.2) is 48.7 Å². The molecule has 0 fully saturated rings. The lowest BCUT2D eigenvalue weighted by molar-refractivity contribution is 0.0955. The van der Waals surface area contributed by atoms with E-state index in [0.29, 0.717) is 24.2 Å². The predicted octanol–water partition coefficient (Wildman–Crippen LogP) is 2.79. The number of amides is 1. The predicted molar refractivity (Wildman–Crippen MR) is 99.2 cm³/mol. The van der Waals surface area contributed by atoms with Crippen LogP contribution < -0.4 is 19.5 Å². The summed E-state index contributed by atoms with van der Waals surface area (Å²) >= 11 is 0. The van der Waals surface area contributed by atoms with Crippen LogP contribution in [0.4, 0.5) is 0 Å². The van der Waals surface area contributed by atoms with E-state index in [-0.39, 0.29) is 12.7 Å². The van der Waals surface area contributed by atoms with Gasteiger partial charge in [-0.05, 0) is 48.4 Å². The van der Waals surface area contributed by atoms with E-state index in [0.717, 1.165) is 28.4 Å². The van der Waals surface area contributed by atoms with E-state index >= 15 is 0 Å². The minimum absolute atomic E-state index is 0.171. The Balaban J connectivity index is 1.39. The number of hydrogen-bond donors (Lipinski definition) is 2. The summed E-state index contributed by atoms with van der Waals surface area (Å²) < 4.78 is 15.8. The van der Waals surface area contributed by atoms with Crippen LogP contribution in [-0.2, 0) is 6.42 Å². The Kier molecular flexibility index (Phi) is 4.65. The summed E-state index contributed by atoms with van der Waals surface area (Å²) in [5, 5.41) is 9.85. The third kappa shape index (κ3) is 3.57. The minimum atomic E-state index is -0.171. The first-order chi connectivity index (χ1) is 13.2. The van der Waals surface area contributed by atoms with Crippen molar-refractivity contribution < 1.29 is 19.0 Å². The van der Waals surface area contributed by atoms with Gasteiger partial charge in [-0.3, -0.25) is 9.89 Å². The number of carbonyl (C=O) groups is 1. The average molecular weight is 365 g/mol. The van der Waals surface area contributed by atoms with Crippen molar-refractivity contribution in [3.8, 4) is 28.5 Å². The summed E-state index contributed by atoms with van der Waals surface area (Å²) in [6.07, 6.45) is 2.23. The number of H-pyrrole nitrogens is 1. The molecule has 0 bridgehead atoms. The minimum Gasteiger partial charge on any atom is -0.497 e. The van der Waals surface area contributed by atoms with Crippen molar-refractivity contribution in [2.45, 2.75) is 6.42 Å². The summed E-state index contributed by atoms with van der Waals surface area (Å²) in [4.78, 5) is 12.6. The van der Waals surface area contributed by atoms with Crippen LogP contribution >= 0.6 is 0 Å². The van der Waals surface area contributed by atoms with Crippen LogP contribution in [0.2, 0.25) is 0 Å². The van der Waals surface area contributed by atoms with Gasteiger partial charge in [-0.25, -0.2) is 0 Å². The molecule has 2 aromatic carbocycles. The van der Waals surface area contributed by atoms with E-state index in [9.17, 15) is 4.79 Å². The first-order valence-corrected chi connectivity index (χ1v) is 8.59. The highest BCUT2D eigenvalue weighted by Gasteiger charge is 2.16. The van der Waals surface area contributed by atoms with E-state index in [1.807, 2.05) is 42.5 Å². The third-order valence-electron chi connectivity index (χ3n) is 4.40. The fourth-order valence-electron chi connectivity index (χ4n) is 2.95. The Labute approximate surface area is 156 Å². The van der Waals surface area contributed by atoms with Crippen LogP contribution in [0, 0.1) is 0 Å². The maximum Gasteiger partial charge on any atom is 0.255 e. The van der Waals surface area contributed by atoms with Crippen molar-refractivity contribution in [1.82, 2.24) is 15.5 Å². The zero-order chi connectivity index (χ0) is 18.6. The molecule has 1 aliphatic heterocycles. The van der Waals surface area contributed by atoms with Crippen LogP contribution in [0.25, 0.3) is 11.3 Å². The summed E-state index contributed by atoms with van der Waals surface area (Å²) in [6.45, 7) is 0.760. The van der Waals surface area contributed by atoms with Crippen molar-refractivity contribution >= 4 is 5.91 Å². The second-order valence-corrected chi connectivity index (χ2v) is 6.08. The van der Waals surface area contributed by atoms with E-state index in [1.165, 1.54) is 6.20 Å². The normalized spacial score (nSPS) is 12.0. The molecule has 0 aliphatic carbocycles. The number of rotatable bonds is 6. The Bertz CT molecular complexity index is 950. The quantitative estimate of drug-likeness (QED) is 0.702. The van der Waals surface area contributed by atoms with E-state index < -0.39 is 0 Å². The lowest BCUT2D eigenvalue weighted by atomic mass is 10.1. The van der Waals surface area contributed by atoms with Gasteiger partial charge in [0.2, 0.25) is 6.79 Å². The smallest absolute Gasteiger partial charge is 0.255 e. The van der Waals surface area contributed by atoms with Crippen LogP contribution in [-0.4, -0.2) is 36.6 Å². The lowest BCUT2D eigenvalue weighted by Gasteiger charge is -2.07. The van der Waals surface area contributed by atoms with Gasteiger partial charge in [-0.2, -0.15) is 5.10 Å². The van der Waals surface area contributed by atoms with Crippen molar-refractivity contribution in [3.05, 3.63) is 59.8 Å². The number of nitrogens with zero attached hydrogens (tertiary/aromatic N) is 1. The molecular weight excluding hydrogens is 346 g/mol. The molecule has 0 radical (unpaired) electrons.